The Bertz CT molecular complexity index is 447. The van der Waals surface area contributed by atoms with E-state index >= 15 is 0 Å². The van der Waals surface area contributed by atoms with Gasteiger partial charge >= 0.3 is 18.1 Å². The minimum atomic E-state index is -0.983. The Kier molecular flexibility index (Phi) is 4.81. The van der Waals surface area contributed by atoms with Crippen LogP contribution in [0.15, 0.2) is 0 Å². The maximum atomic E-state index is 12.5. The van der Waals surface area contributed by atoms with Crippen LogP contribution in [0.3, 0.4) is 0 Å². The van der Waals surface area contributed by atoms with Crippen molar-refractivity contribution in [3.8, 4) is 0 Å². The van der Waals surface area contributed by atoms with Gasteiger partial charge in [-0.05, 0) is 13.3 Å². The summed E-state index contributed by atoms with van der Waals surface area (Å²) in [5, 5.41) is 11.7. The molecule has 3 unspecified atom stereocenters. The Morgan fingerprint density at radius 2 is 2.10 bits per heavy atom. The number of methoxy groups -OCH3 is 1. The molecular weight excluding hydrogens is 298 g/mol. The molecule has 2 heterocycles. The molecule has 2 N–H and O–H groups in total. The van der Waals surface area contributed by atoms with Crippen molar-refractivity contribution in [2.75, 3.05) is 26.0 Å². The van der Waals surface area contributed by atoms with E-state index in [0.717, 1.165) is 0 Å². The van der Waals surface area contributed by atoms with E-state index < -0.39 is 18.1 Å². The second-order valence-corrected chi connectivity index (χ2v) is 6.39. The second kappa shape index (κ2) is 6.42. The molecule has 2 aliphatic rings. The summed E-state index contributed by atoms with van der Waals surface area (Å²) in [5.74, 6) is -0.580. The fourth-order valence-corrected chi connectivity index (χ4v) is 3.73. The van der Waals surface area contributed by atoms with E-state index in [9.17, 15) is 19.5 Å². The van der Waals surface area contributed by atoms with Crippen LogP contribution in [-0.2, 0) is 9.53 Å². The second-order valence-electron chi connectivity index (χ2n) is 5.04. The molecule has 118 valence electrons. The van der Waals surface area contributed by atoms with Crippen molar-refractivity contribution >= 4 is 29.9 Å². The predicted octanol–water partition coefficient (Wildman–Crippen LogP) is 0.385. The molecule has 0 aromatic carbocycles. The van der Waals surface area contributed by atoms with Crippen LogP contribution < -0.4 is 5.32 Å². The summed E-state index contributed by atoms with van der Waals surface area (Å²) in [4.78, 5) is 37.9. The number of ether oxygens (including phenoxy) is 1. The molecule has 2 rings (SSSR count). The van der Waals surface area contributed by atoms with Gasteiger partial charge in [-0.1, -0.05) is 0 Å². The maximum Gasteiger partial charge on any atom is 0.407 e. The maximum absolute atomic E-state index is 12.5. The van der Waals surface area contributed by atoms with Crippen molar-refractivity contribution in [1.29, 1.82) is 0 Å². The topological polar surface area (TPSA) is 99.2 Å². The van der Waals surface area contributed by atoms with Crippen molar-refractivity contribution in [2.24, 2.45) is 0 Å². The lowest BCUT2D eigenvalue weighted by Crippen LogP contribution is -2.51. The Labute approximate surface area is 126 Å². The van der Waals surface area contributed by atoms with Crippen LogP contribution >= 0.6 is 11.8 Å². The first-order chi connectivity index (χ1) is 9.93. The van der Waals surface area contributed by atoms with E-state index in [4.69, 9.17) is 0 Å². The summed E-state index contributed by atoms with van der Waals surface area (Å²) in [6.45, 7) is 2.69. The fourth-order valence-electron chi connectivity index (χ4n) is 2.56. The highest BCUT2D eigenvalue weighted by Gasteiger charge is 2.42. The van der Waals surface area contributed by atoms with E-state index in [0.29, 0.717) is 25.3 Å². The van der Waals surface area contributed by atoms with Gasteiger partial charge in [-0.3, -0.25) is 4.90 Å². The molecule has 9 heteroatoms. The number of thioether (sulfide) groups is 1. The number of urea groups is 1. The van der Waals surface area contributed by atoms with Crippen LogP contribution in [0.5, 0.6) is 0 Å². The third-order valence-corrected chi connectivity index (χ3v) is 4.91. The number of aliphatic carboxylic acids is 1. The van der Waals surface area contributed by atoms with Crippen LogP contribution in [0.25, 0.3) is 0 Å². The molecule has 2 saturated heterocycles. The largest absolute Gasteiger partial charge is 0.480 e. The van der Waals surface area contributed by atoms with Crippen molar-refractivity contribution in [3.63, 3.8) is 0 Å². The van der Waals surface area contributed by atoms with Crippen LogP contribution in [0.4, 0.5) is 9.59 Å². The molecule has 0 aromatic heterocycles. The van der Waals surface area contributed by atoms with Gasteiger partial charge in [0.1, 0.15) is 6.04 Å². The zero-order valence-electron chi connectivity index (χ0n) is 11.9. The molecule has 0 radical (unpaired) electrons. The molecule has 3 atom stereocenters. The van der Waals surface area contributed by atoms with Crippen LogP contribution in [-0.4, -0.2) is 76.4 Å². The summed E-state index contributed by atoms with van der Waals surface area (Å²) in [6, 6.07) is -1.23. The first kappa shape index (κ1) is 15.7. The molecule has 8 nitrogen and oxygen atoms in total. The quantitative estimate of drug-likeness (QED) is 0.764. The standard InChI is InChI=1S/C12H19N3O5S/c1-7-15(9(6-21-7)10(16)17)12(19)14-4-3-8(5-14)13-11(18)20-2/h7-9H,3-6H2,1-2H3,(H,13,18)(H,16,17). The summed E-state index contributed by atoms with van der Waals surface area (Å²) in [7, 11) is 1.29. The average molecular weight is 317 g/mol. The van der Waals surface area contributed by atoms with E-state index in [-0.39, 0.29) is 17.4 Å². The van der Waals surface area contributed by atoms with Gasteiger partial charge in [0.2, 0.25) is 0 Å². The number of hydrogen-bond acceptors (Lipinski definition) is 5. The van der Waals surface area contributed by atoms with Gasteiger partial charge in [0, 0.05) is 18.8 Å². The number of likely N-dealkylation sites (tertiary alicyclic amines) is 1. The Morgan fingerprint density at radius 1 is 1.38 bits per heavy atom. The number of carboxylic acids is 1. The first-order valence-corrected chi connectivity index (χ1v) is 7.75. The molecule has 21 heavy (non-hydrogen) atoms. The highest BCUT2D eigenvalue weighted by molar-refractivity contribution is 8.00. The van der Waals surface area contributed by atoms with Crippen molar-refractivity contribution < 1.29 is 24.2 Å². The molecule has 0 aromatic rings. The number of carbonyl (C=O) groups is 3. The number of rotatable bonds is 2. The smallest absolute Gasteiger partial charge is 0.407 e. The van der Waals surface area contributed by atoms with Gasteiger partial charge in [-0.15, -0.1) is 11.8 Å². The van der Waals surface area contributed by atoms with Gasteiger partial charge in [0.15, 0.2) is 0 Å². The fraction of sp³-hybridized carbons (Fsp3) is 0.750. The number of nitrogens with one attached hydrogen (secondary N) is 1. The molecule has 2 fully saturated rings. The van der Waals surface area contributed by atoms with Crippen molar-refractivity contribution in [1.82, 2.24) is 15.1 Å². The van der Waals surface area contributed by atoms with E-state index in [2.05, 4.69) is 10.1 Å². The zero-order valence-corrected chi connectivity index (χ0v) is 12.8. The molecule has 0 spiro atoms. The average Bonchev–Trinajstić information content (AvgIpc) is 3.04. The molecule has 3 amide bonds. The number of hydrogen-bond donors (Lipinski definition) is 2. The van der Waals surface area contributed by atoms with Crippen molar-refractivity contribution in [2.45, 2.75) is 30.8 Å². The molecule has 0 saturated carbocycles. The Hall–Kier alpha value is -1.64. The van der Waals surface area contributed by atoms with Gasteiger partial charge in [-0.25, -0.2) is 14.4 Å². The summed E-state index contributed by atoms with van der Waals surface area (Å²) >= 11 is 1.45. The molecule has 0 bridgehead atoms. The Morgan fingerprint density at radius 3 is 2.71 bits per heavy atom. The monoisotopic (exact) mass is 317 g/mol. The summed E-state index contributed by atoms with van der Waals surface area (Å²) < 4.78 is 4.53. The Balaban J connectivity index is 1.97. The minimum Gasteiger partial charge on any atom is -0.480 e. The summed E-state index contributed by atoms with van der Waals surface area (Å²) in [5.41, 5.74) is 0. The minimum absolute atomic E-state index is 0.157. The zero-order chi connectivity index (χ0) is 15.6. The van der Waals surface area contributed by atoms with E-state index in [1.54, 1.807) is 4.90 Å². The third kappa shape index (κ3) is 3.34. The molecular formula is C12H19N3O5S. The summed E-state index contributed by atoms with van der Waals surface area (Å²) in [6.07, 6.45) is 0.108. The number of nitrogens with zero attached hydrogens (tertiary/aromatic N) is 2. The number of amides is 3. The lowest BCUT2D eigenvalue weighted by atomic mass is 10.3. The lowest BCUT2D eigenvalue weighted by molar-refractivity contribution is -0.141. The number of carboxylic acid groups (broad SMARTS) is 1. The van der Waals surface area contributed by atoms with Crippen molar-refractivity contribution in [3.05, 3.63) is 0 Å². The first-order valence-electron chi connectivity index (χ1n) is 6.70. The highest BCUT2D eigenvalue weighted by atomic mass is 32.2. The third-order valence-electron chi connectivity index (χ3n) is 3.69. The number of alkyl carbamates (subject to hydrolysis) is 1. The SMILES string of the molecule is COC(=O)NC1CCN(C(=O)N2C(C)SCC2C(=O)O)C1. The number of carbonyl (C=O) groups excluding carboxylic acids is 2. The van der Waals surface area contributed by atoms with E-state index in [1.165, 1.54) is 23.8 Å². The van der Waals surface area contributed by atoms with Gasteiger partial charge in [0.05, 0.1) is 18.5 Å². The predicted molar refractivity (Wildman–Crippen MR) is 76.1 cm³/mol. The van der Waals surface area contributed by atoms with Gasteiger partial charge < -0.3 is 20.1 Å². The molecule has 0 aliphatic carbocycles. The highest BCUT2D eigenvalue weighted by Crippen LogP contribution is 2.30. The van der Waals surface area contributed by atoms with Gasteiger partial charge in [0.25, 0.3) is 0 Å². The molecule has 2 aliphatic heterocycles. The lowest BCUT2D eigenvalue weighted by Gasteiger charge is -2.30. The van der Waals surface area contributed by atoms with Crippen LogP contribution in [0.1, 0.15) is 13.3 Å². The van der Waals surface area contributed by atoms with Gasteiger partial charge in [-0.2, -0.15) is 0 Å². The normalized spacial score (nSPS) is 28.6. The van der Waals surface area contributed by atoms with E-state index in [1.807, 2.05) is 6.92 Å². The van der Waals surface area contributed by atoms with Crippen LogP contribution in [0.2, 0.25) is 0 Å². The van der Waals surface area contributed by atoms with Crippen LogP contribution in [0, 0.1) is 0 Å².